The fraction of sp³-hybridized carbons (Fsp3) is 0.600. The summed E-state index contributed by atoms with van der Waals surface area (Å²) in [7, 11) is 0. The number of nitrogens with one attached hydrogen (secondary N) is 2. The molecule has 5 heteroatoms. The molecule has 0 aromatic carbocycles. The van der Waals surface area contributed by atoms with Crippen LogP contribution in [0.3, 0.4) is 0 Å². The SMILES string of the molecule is CCNCCCNC(=O)c1cc(C)no1. The summed E-state index contributed by atoms with van der Waals surface area (Å²) >= 11 is 0. The number of aryl methyl sites for hydroxylation is 1. The maximum absolute atomic E-state index is 11.4. The fourth-order valence-electron chi connectivity index (χ4n) is 1.15. The molecule has 0 saturated carbocycles. The first-order chi connectivity index (χ1) is 7.24. The molecule has 0 unspecified atom stereocenters. The Morgan fingerprint density at radius 2 is 2.33 bits per heavy atom. The number of rotatable bonds is 6. The number of hydrogen-bond donors (Lipinski definition) is 2. The molecule has 15 heavy (non-hydrogen) atoms. The van der Waals surface area contributed by atoms with Gasteiger partial charge in [-0.1, -0.05) is 12.1 Å². The van der Waals surface area contributed by atoms with Gasteiger partial charge in [-0.05, 0) is 26.4 Å². The fourth-order valence-corrected chi connectivity index (χ4v) is 1.15. The summed E-state index contributed by atoms with van der Waals surface area (Å²) in [6, 6.07) is 1.62. The molecule has 0 aliphatic rings. The van der Waals surface area contributed by atoms with Crippen molar-refractivity contribution in [2.75, 3.05) is 19.6 Å². The van der Waals surface area contributed by atoms with Gasteiger partial charge in [-0.25, -0.2) is 0 Å². The van der Waals surface area contributed by atoms with E-state index in [0.717, 1.165) is 19.5 Å². The highest BCUT2D eigenvalue weighted by molar-refractivity contribution is 5.91. The van der Waals surface area contributed by atoms with Gasteiger partial charge in [0.2, 0.25) is 5.76 Å². The number of carbonyl (C=O) groups is 1. The largest absolute Gasteiger partial charge is 0.351 e. The zero-order valence-corrected chi connectivity index (χ0v) is 9.17. The number of amides is 1. The third-order valence-electron chi connectivity index (χ3n) is 1.92. The summed E-state index contributed by atoms with van der Waals surface area (Å²) < 4.78 is 4.83. The van der Waals surface area contributed by atoms with E-state index in [0.29, 0.717) is 12.2 Å². The molecule has 0 fully saturated rings. The average molecular weight is 211 g/mol. The molecule has 0 aliphatic carbocycles. The summed E-state index contributed by atoms with van der Waals surface area (Å²) in [5.41, 5.74) is 0.716. The van der Waals surface area contributed by atoms with E-state index in [1.54, 1.807) is 13.0 Å². The van der Waals surface area contributed by atoms with Crippen LogP contribution < -0.4 is 10.6 Å². The Morgan fingerprint density at radius 1 is 1.53 bits per heavy atom. The lowest BCUT2D eigenvalue weighted by molar-refractivity contribution is 0.0916. The molecule has 1 amide bonds. The third kappa shape index (κ3) is 4.12. The first-order valence-corrected chi connectivity index (χ1v) is 5.16. The second kappa shape index (κ2) is 6.19. The zero-order chi connectivity index (χ0) is 11.1. The Balaban J connectivity index is 2.19. The molecule has 1 aromatic rings. The van der Waals surface area contributed by atoms with Crippen LogP contribution in [0.2, 0.25) is 0 Å². The molecule has 0 saturated heterocycles. The Labute approximate surface area is 89.2 Å². The molecule has 0 aliphatic heterocycles. The molecule has 0 bridgehead atoms. The molecule has 1 heterocycles. The van der Waals surface area contributed by atoms with Gasteiger partial charge in [0.1, 0.15) is 0 Å². The van der Waals surface area contributed by atoms with Crippen LogP contribution in [0.1, 0.15) is 29.6 Å². The van der Waals surface area contributed by atoms with E-state index in [1.807, 2.05) is 0 Å². The van der Waals surface area contributed by atoms with E-state index in [1.165, 1.54) is 0 Å². The van der Waals surface area contributed by atoms with Gasteiger partial charge in [-0.15, -0.1) is 0 Å². The number of nitrogens with zero attached hydrogens (tertiary/aromatic N) is 1. The molecule has 1 rings (SSSR count). The van der Waals surface area contributed by atoms with Gasteiger partial charge in [0, 0.05) is 12.6 Å². The number of hydrogen-bond acceptors (Lipinski definition) is 4. The predicted molar refractivity (Wildman–Crippen MR) is 56.7 cm³/mol. The number of aromatic nitrogens is 1. The normalized spacial score (nSPS) is 10.3. The topological polar surface area (TPSA) is 67.2 Å². The molecule has 0 spiro atoms. The van der Waals surface area contributed by atoms with Gasteiger partial charge in [0.05, 0.1) is 5.69 Å². The Bertz CT molecular complexity index is 309. The maximum atomic E-state index is 11.4. The van der Waals surface area contributed by atoms with Crippen LogP contribution in [0.5, 0.6) is 0 Å². The standard InChI is InChI=1S/C10H17N3O2/c1-3-11-5-4-6-12-10(14)9-7-8(2)13-15-9/h7,11H,3-6H2,1-2H3,(H,12,14). The minimum absolute atomic E-state index is 0.202. The van der Waals surface area contributed by atoms with Crippen molar-refractivity contribution in [3.8, 4) is 0 Å². The van der Waals surface area contributed by atoms with Crippen molar-refractivity contribution in [1.82, 2.24) is 15.8 Å². The maximum Gasteiger partial charge on any atom is 0.289 e. The first kappa shape index (κ1) is 11.7. The lowest BCUT2D eigenvalue weighted by Gasteiger charge is -2.02. The van der Waals surface area contributed by atoms with Crippen LogP contribution in [0.15, 0.2) is 10.6 Å². The third-order valence-corrected chi connectivity index (χ3v) is 1.92. The summed E-state index contributed by atoms with van der Waals surface area (Å²) in [5.74, 6) is 0.0723. The summed E-state index contributed by atoms with van der Waals surface area (Å²) in [6.07, 6.45) is 0.909. The van der Waals surface area contributed by atoms with Crippen molar-refractivity contribution in [2.45, 2.75) is 20.3 Å². The van der Waals surface area contributed by atoms with E-state index in [2.05, 4.69) is 22.7 Å². The van der Waals surface area contributed by atoms with E-state index in [4.69, 9.17) is 4.52 Å². The van der Waals surface area contributed by atoms with Crippen molar-refractivity contribution >= 4 is 5.91 Å². The van der Waals surface area contributed by atoms with Gasteiger partial charge in [0.15, 0.2) is 0 Å². The molecule has 2 N–H and O–H groups in total. The monoisotopic (exact) mass is 211 g/mol. The Kier molecular flexibility index (Phi) is 4.83. The van der Waals surface area contributed by atoms with Gasteiger partial charge in [-0.2, -0.15) is 0 Å². The Hall–Kier alpha value is -1.36. The average Bonchev–Trinajstić information content (AvgIpc) is 2.64. The van der Waals surface area contributed by atoms with Gasteiger partial charge < -0.3 is 15.2 Å². The molecule has 1 aromatic heterocycles. The quantitative estimate of drug-likeness (QED) is 0.680. The molecule has 84 valence electrons. The molecular weight excluding hydrogens is 194 g/mol. The van der Waals surface area contributed by atoms with E-state index in [-0.39, 0.29) is 11.7 Å². The number of carbonyl (C=O) groups excluding carboxylic acids is 1. The minimum Gasteiger partial charge on any atom is -0.351 e. The Morgan fingerprint density at radius 3 is 2.93 bits per heavy atom. The van der Waals surface area contributed by atoms with Gasteiger partial charge >= 0.3 is 0 Å². The van der Waals surface area contributed by atoms with Crippen molar-refractivity contribution in [3.05, 3.63) is 17.5 Å². The summed E-state index contributed by atoms with van der Waals surface area (Å²) in [5, 5.41) is 9.58. The summed E-state index contributed by atoms with van der Waals surface area (Å²) in [6.45, 7) is 6.34. The lowest BCUT2D eigenvalue weighted by atomic mass is 10.3. The molecule has 5 nitrogen and oxygen atoms in total. The molecule has 0 atom stereocenters. The second-order valence-electron chi connectivity index (χ2n) is 3.30. The predicted octanol–water partition coefficient (Wildman–Crippen LogP) is 0.712. The molecular formula is C10H17N3O2. The van der Waals surface area contributed by atoms with Crippen molar-refractivity contribution in [1.29, 1.82) is 0 Å². The van der Waals surface area contributed by atoms with E-state index in [9.17, 15) is 4.79 Å². The van der Waals surface area contributed by atoms with Crippen LogP contribution in [0, 0.1) is 6.92 Å². The van der Waals surface area contributed by atoms with Crippen molar-refractivity contribution in [2.24, 2.45) is 0 Å². The zero-order valence-electron chi connectivity index (χ0n) is 9.17. The second-order valence-corrected chi connectivity index (χ2v) is 3.30. The molecule has 0 radical (unpaired) electrons. The highest BCUT2D eigenvalue weighted by Gasteiger charge is 2.09. The minimum atomic E-state index is -0.202. The van der Waals surface area contributed by atoms with E-state index < -0.39 is 0 Å². The van der Waals surface area contributed by atoms with Crippen LogP contribution in [0.25, 0.3) is 0 Å². The smallest absolute Gasteiger partial charge is 0.289 e. The lowest BCUT2D eigenvalue weighted by Crippen LogP contribution is -2.27. The van der Waals surface area contributed by atoms with Crippen molar-refractivity contribution in [3.63, 3.8) is 0 Å². The van der Waals surface area contributed by atoms with Crippen LogP contribution in [-0.4, -0.2) is 30.7 Å². The van der Waals surface area contributed by atoms with Crippen LogP contribution in [0.4, 0.5) is 0 Å². The van der Waals surface area contributed by atoms with Crippen molar-refractivity contribution < 1.29 is 9.32 Å². The summed E-state index contributed by atoms with van der Waals surface area (Å²) in [4.78, 5) is 11.4. The highest BCUT2D eigenvalue weighted by atomic mass is 16.5. The van der Waals surface area contributed by atoms with Crippen LogP contribution in [-0.2, 0) is 0 Å². The van der Waals surface area contributed by atoms with Crippen LogP contribution >= 0.6 is 0 Å². The highest BCUT2D eigenvalue weighted by Crippen LogP contribution is 2.01. The first-order valence-electron chi connectivity index (χ1n) is 5.16. The van der Waals surface area contributed by atoms with E-state index >= 15 is 0 Å². The van der Waals surface area contributed by atoms with Gasteiger partial charge in [0.25, 0.3) is 5.91 Å². The van der Waals surface area contributed by atoms with Gasteiger partial charge in [-0.3, -0.25) is 4.79 Å².